The molecule has 0 unspecified atom stereocenters. The van der Waals surface area contributed by atoms with Crippen molar-refractivity contribution in [2.24, 2.45) is 0 Å². The molecule has 0 radical (unpaired) electrons. The van der Waals surface area contributed by atoms with Crippen LogP contribution in [0.25, 0.3) is 0 Å². The second-order valence-corrected chi connectivity index (χ2v) is 6.72. The fraction of sp³-hybridized carbons (Fsp3) is 0.211. The fourth-order valence-corrected chi connectivity index (χ4v) is 3.31. The first-order chi connectivity index (χ1) is 14.3. The Morgan fingerprint density at radius 1 is 1.17 bits per heavy atom. The lowest BCUT2D eigenvalue weighted by atomic mass is 10.1. The lowest BCUT2D eigenvalue weighted by Crippen LogP contribution is -2.43. The molecule has 1 aliphatic heterocycles. The van der Waals surface area contributed by atoms with Gasteiger partial charge in [-0.1, -0.05) is 0 Å². The van der Waals surface area contributed by atoms with E-state index < -0.39 is 23.6 Å². The summed E-state index contributed by atoms with van der Waals surface area (Å²) in [6.45, 7) is 2.09. The molecule has 1 aromatic carbocycles. The highest BCUT2D eigenvalue weighted by molar-refractivity contribution is 6.15. The Balaban J connectivity index is 1.65. The van der Waals surface area contributed by atoms with Crippen LogP contribution in [-0.2, 0) is 6.18 Å². The van der Waals surface area contributed by atoms with Gasteiger partial charge in [0.25, 0.3) is 11.8 Å². The Morgan fingerprint density at radius 2 is 1.90 bits per heavy atom. The van der Waals surface area contributed by atoms with Crippen molar-refractivity contribution in [2.75, 3.05) is 16.8 Å². The van der Waals surface area contributed by atoms with Crippen molar-refractivity contribution < 1.29 is 22.8 Å². The molecule has 4 rings (SSSR count). The standard InChI is InChI=1S/C19H15F3N6O2/c1-11-10-28(13-4-2-12(3-5-13)19(20,21)22)17(30)15-14(6-9-27(11)15)16(29)25-18-23-7-8-24-26-18/h2-9,11H,10H2,1H3,(H,23,25,26,29)/t11-/m0/s1. The van der Waals surface area contributed by atoms with Gasteiger partial charge >= 0.3 is 6.18 Å². The van der Waals surface area contributed by atoms with Gasteiger partial charge in [-0.15, -0.1) is 5.10 Å². The zero-order valence-corrected chi connectivity index (χ0v) is 15.6. The maximum absolute atomic E-state index is 13.1. The minimum Gasteiger partial charge on any atom is -0.338 e. The lowest BCUT2D eigenvalue weighted by molar-refractivity contribution is -0.137. The highest BCUT2D eigenvalue weighted by atomic mass is 19.4. The summed E-state index contributed by atoms with van der Waals surface area (Å²) in [5.74, 6) is -1.10. The highest BCUT2D eigenvalue weighted by Crippen LogP contribution is 2.33. The summed E-state index contributed by atoms with van der Waals surface area (Å²) >= 11 is 0. The van der Waals surface area contributed by atoms with Gasteiger partial charge < -0.3 is 9.47 Å². The molecule has 8 nitrogen and oxygen atoms in total. The normalized spacial score (nSPS) is 16.3. The predicted octanol–water partition coefficient (Wildman–Crippen LogP) is 3.17. The fourth-order valence-electron chi connectivity index (χ4n) is 3.31. The van der Waals surface area contributed by atoms with E-state index in [9.17, 15) is 22.8 Å². The Hall–Kier alpha value is -3.76. The Bertz CT molecular complexity index is 1100. The molecular formula is C19H15F3N6O2. The number of nitrogens with one attached hydrogen (secondary N) is 1. The predicted molar refractivity (Wildman–Crippen MR) is 100 cm³/mol. The van der Waals surface area contributed by atoms with E-state index in [-0.39, 0.29) is 29.8 Å². The molecule has 1 N–H and O–H groups in total. The minimum atomic E-state index is -4.47. The van der Waals surface area contributed by atoms with Crippen molar-refractivity contribution in [3.8, 4) is 0 Å². The number of nitrogens with zero attached hydrogens (tertiary/aromatic N) is 5. The van der Waals surface area contributed by atoms with Gasteiger partial charge in [0.2, 0.25) is 5.95 Å². The number of aromatic nitrogens is 4. The number of fused-ring (bicyclic) bond motifs is 1. The van der Waals surface area contributed by atoms with Crippen LogP contribution >= 0.6 is 0 Å². The van der Waals surface area contributed by atoms with Crippen LogP contribution in [0.3, 0.4) is 0 Å². The number of amides is 2. The van der Waals surface area contributed by atoms with Crippen molar-refractivity contribution in [3.63, 3.8) is 0 Å². The van der Waals surface area contributed by atoms with E-state index in [1.807, 2.05) is 6.92 Å². The zero-order chi connectivity index (χ0) is 21.5. The van der Waals surface area contributed by atoms with Crippen molar-refractivity contribution in [2.45, 2.75) is 19.1 Å². The van der Waals surface area contributed by atoms with E-state index in [4.69, 9.17) is 0 Å². The van der Waals surface area contributed by atoms with Crippen LogP contribution in [0.4, 0.5) is 24.8 Å². The van der Waals surface area contributed by atoms with Gasteiger partial charge in [0.05, 0.1) is 23.5 Å². The van der Waals surface area contributed by atoms with Crippen LogP contribution in [0, 0.1) is 0 Å². The number of carbonyl (C=O) groups is 2. The third-order valence-electron chi connectivity index (χ3n) is 4.74. The smallest absolute Gasteiger partial charge is 0.338 e. The SMILES string of the molecule is C[C@H]1CN(c2ccc(C(F)(F)F)cc2)C(=O)c2c(C(=O)Nc3nccnn3)ccn21. The molecule has 2 aromatic heterocycles. The molecule has 0 aliphatic carbocycles. The molecule has 3 aromatic rings. The van der Waals surface area contributed by atoms with Crippen molar-refractivity contribution in [1.29, 1.82) is 0 Å². The van der Waals surface area contributed by atoms with E-state index in [2.05, 4.69) is 20.5 Å². The van der Waals surface area contributed by atoms with Crippen LogP contribution in [0.2, 0.25) is 0 Å². The molecule has 0 saturated carbocycles. The lowest BCUT2D eigenvalue weighted by Gasteiger charge is -2.33. The number of benzene rings is 1. The molecule has 1 atom stereocenters. The number of hydrogen-bond acceptors (Lipinski definition) is 5. The first-order valence-electron chi connectivity index (χ1n) is 8.90. The van der Waals surface area contributed by atoms with Crippen molar-refractivity contribution in [3.05, 3.63) is 65.7 Å². The molecule has 0 fully saturated rings. The van der Waals surface area contributed by atoms with E-state index in [1.165, 1.54) is 35.5 Å². The van der Waals surface area contributed by atoms with Gasteiger partial charge in [0.15, 0.2) is 0 Å². The summed E-state index contributed by atoms with van der Waals surface area (Å²) in [6, 6.07) is 5.65. The maximum atomic E-state index is 13.1. The second-order valence-electron chi connectivity index (χ2n) is 6.72. The Morgan fingerprint density at radius 3 is 2.53 bits per heavy atom. The molecule has 2 amide bonds. The minimum absolute atomic E-state index is 0.0154. The molecule has 0 saturated heterocycles. The molecule has 154 valence electrons. The summed E-state index contributed by atoms with van der Waals surface area (Å²) < 4.78 is 40.2. The summed E-state index contributed by atoms with van der Waals surface area (Å²) in [7, 11) is 0. The third kappa shape index (κ3) is 3.49. The van der Waals surface area contributed by atoms with Gasteiger partial charge in [0.1, 0.15) is 5.69 Å². The van der Waals surface area contributed by atoms with Gasteiger partial charge in [-0.2, -0.15) is 18.3 Å². The number of alkyl halides is 3. The Kier molecular flexibility index (Phi) is 4.72. The van der Waals surface area contributed by atoms with E-state index in [1.54, 1.807) is 10.8 Å². The quantitative estimate of drug-likeness (QED) is 0.708. The van der Waals surface area contributed by atoms with Crippen molar-refractivity contribution in [1.82, 2.24) is 19.7 Å². The molecule has 1 aliphatic rings. The summed E-state index contributed by atoms with van der Waals surface area (Å²) in [6.07, 6.45) is -0.131. The molecule has 11 heteroatoms. The largest absolute Gasteiger partial charge is 0.416 e. The van der Waals surface area contributed by atoms with Crippen LogP contribution in [0.1, 0.15) is 39.4 Å². The third-order valence-corrected chi connectivity index (χ3v) is 4.74. The first kappa shape index (κ1) is 19.6. The van der Waals surface area contributed by atoms with Gasteiger partial charge in [-0.3, -0.25) is 14.9 Å². The highest BCUT2D eigenvalue weighted by Gasteiger charge is 2.35. The van der Waals surface area contributed by atoms with Gasteiger partial charge in [-0.05, 0) is 37.3 Å². The van der Waals surface area contributed by atoms with Crippen LogP contribution in [-0.4, -0.2) is 38.1 Å². The monoisotopic (exact) mass is 416 g/mol. The topological polar surface area (TPSA) is 93.0 Å². The van der Waals surface area contributed by atoms with E-state index in [0.29, 0.717) is 5.69 Å². The van der Waals surface area contributed by atoms with E-state index >= 15 is 0 Å². The van der Waals surface area contributed by atoms with Crippen LogP contribution in [0.15, 0.2) is 48.9 Å². The number of anilines is 2. The van der Waals surface area contributed by atoms with Crippen molar-refractivity contribution >= 4 is 23.5 Å². The van der Waals surface area contributed by atoms with Crippen LogP contribution < -0.4 is 10.2 Å². The zero-order valence-electron chi connectivity index (χ0n) is 15.6. The average Bonchev–Trinajstić information content (AvgIpc) is 3.17. The first-order valence-corrected chi connectivity index (χ1v) is 8.90. The summed E-state index contributed by atoms with van der Waals surface area (Å²) in [5, 5.41) is 9.78. The van der Waals surface area contributed by atoms with Gasteiger partial charge in [-0.25, -0.2) is 4.98 Å². The number of hydrogen-bond donors (Lipinski definition) is 1. The van der Waals surface area contributed by atoms with Crippen LogP contribution in [0.5, 0.6) is 0 Å². The Labute approximate surface area is 168 Å². The number of rotatable bonds is 3. The second kappa shape index (κ2) is 7.25. The van der Waals surface area contributed by atoms with Gasteiger partial charge in [0, 0.05) is 24.5 Å². The van der Waals surface area contributed by atoms with E-state index in [0.717, 1.165) is 12.1 Å². The molecule has 3 heterocycles. The maximum Gasteiger partial charge on any atom is 0.416 e. The summed E-state index contributed by atoms with van der Waals surface area (Å²) in [5.41, 5.74) is -0.246. The molecule has 0 bridgehead atoms. The average molecular weight is 416 g/mol. The number of halogens is 3. The molecule has 0 spiro atoms. The molecule has 30 heavy (non-hydrogen) atoms. The summed E-state index contributed by atoms with van der Waals surface area (Å²) in [4.78, 5) is 31.0. The number of carbonyl (C=O) groups excluding carboxylic acids is 2. The molecular weight excluding hydrogens is 401 g/mol.